The minimum Gasteiger partial charge on any atom is -0.457 e. The smallest absolute Gasteiger partial charge is 0.306 e. The second-order valence-corrected chi connectivity index (χ2v) is 6.27. The number of hydrogen-bond donors (Lipinski definition) is 0. The van der Waals surface area contributed by atoms with Gasteiger partial charge >= 0.3 is 5.97 Å². The van der Waals surface area contributed by atoms with Crippen LogP contribution in [0.25, 0.3) is 0 Å². The number of hydrogen-bond acceptors (Lipinski definition) is 5. The molecular formula is C21H19FN2O4. The van der Waals surface area contributed by atoms with Crippen molar-refractivity contribution in [3.05, 3.63) is 71.5 Å². The molecule has 0 atom stereocenters. The maximum Gasteiger partial charge on any atom is 0.306 e. The number of Topliss-reactive ketones (excluding diaryl/α,β-unsaturated/α-hetero) is 1. The van der Waals surface area contributed by atoms with Gasteiger partial charge in [-0.15, -0.1) is 0 Å². The number of carbonyl (C=O) groups is 3. The molecule has 0 saturated heterocycles. The van der Waals surface area contributed by atoms with E-state index in [1.54, 1.807) is 0 Å². The second kappa shape index (κ2) is 9.03. The van der Waals surface area contributed by atoms with Crippen LogP contribution in [-0.2, 0) is 14.3 Å². The number of rotatable bonds is 7. The minimum atomic E-state index is -0.643. The second-order valence-electron chi connectivity index (χ2n) is 6.27. The molecule has 1 amide bonds. The molecule has 0 saturated carbocycles. The molecule has 6 nitrogen and oxygen atoms in total. The summed E-state index contributed by atoms with van der Waals surface area (Å²) < 4.78 is 17.8. The highest BCUT2D eigenvalue weighted by molar-refractivity contribution is 6.02. The average molecular weight is 382 g/mol. The fourth-order valence-electron chi connectivity index (χ4n) is 2.75. The minimum absolute atomic E-state index is 0.0465. The van der Waals surface area contributed by atoms with Gasteiger partial charge in [0.1, 0.15) is 5.82 Å². The van der Waals surface area contributed by atoms with Crippen LogP contribution in [-0.4, -0.2) is 41.5 Å². The van der Waals surface area contributed by atoms with Gasteiger partial charge in [0.05, 0.1) is 18.7 Å². The van der Waals surface area contributed by atoms with Gasteiger partial charge in [0.15, 0.2) is 12.4 Å². The molecule has 0 radical (unpaired) electrons. The van der Waals surface area contributed by atoms with Crippen molar-refractivity contribution < 1.29 is 23.5 Å². The summed E-state index contributed by atoms with van der Waals surface area (Å²) in [5.74, 6) is -1.80. The van der Waals surface area contributed by atoms with Gasteiger partial charge in [0, 0.05) is 18.4 Å². The molecule has 0 N–H and O–H groups in total. The van der Waals surface area contributed by atoms with Crippen molar-refractivity contribution in [2.45, 2.75) is 19.3 Å². The zero-order chi connectivity index (χ0) is 19.9. The molecule has 0 unspecified atom stereocenters. The quantitative estimate of drug-likeness (QED) is 0.545. The summed E-state index contributed by atoms with van der Waals surface area (Å²) in [6.45, 7) is 0.0276. The SMILES string of the molecule is O=C(CCC(=O)N1CCC(c2ccccc2)=N1)OCC(=O)c1ccc(F)cc1. The summed E-state index contributed by atoms with van der Waals surface area (Å²) in [4.78, 5) is 35.9. The lowest BCUT2D eigenvalue weighted by Crippen LogP contribution is -2.24. The number of hydrazone groups is 1. The Kier molecular flexibility index (Phi) is 6.26. The Morgan fingerprint density at radius 3 is 2.43 bits per heavy atom. The lowest BCUT2D eigenvalue weighted by Gasteiger charge is -2.11. The molecule has 144 valence electrons. The van der Waals surface area contributed by atoms with Crippen LogP contribution in [0.15, 0.2) is 59.7 Å². The van der Waals surface area contributed by atoms with Crippen LogP contribution in [0.5, 0.6) is 0 Å². The molecule has 0 aliphatic carbocycles. The first-order valence-electron chi connectivity index (χ1n) is 8.90. The number of nitrogens with zero attached hydrogens (tertiary/aromatic N) is 2. The highest BCUT2D eigenvalue weighted by Gasteiger charge is 2.22. The van der Waals surface area contributed by atoms with Gasteiger partial charge in [-0.1, -0.05) is 30.3 Å². The fourth-order valence-corrected chi connectivity index (χ4v) is 2.75. The number of halogens is 1. The summed E-state index contributed by atoms with van der Waals surface area (Å²) in [6, 6.07) is 14.6. The predicted molar refractivity (Wildman–Crippen MR) is 100 cm³/mol. The zero-order valence-electron chi connectivity index (χ0n) is 15.1. The van der Waals surface area contributed by atoms with Gasteiger partial charge in [-0.05, 0) is 29.8 Å². The highest BCUT2D eigenvalue weighted by atomic mass is 19.1. The lowest BCUT2D eigenvalue weighted by atomic mass is 10.1. The molecule has 0 aromatic heterocycles. The Morgan fingerprint density at radius 1 is 1.00 bits per heavy atom. The third-order valence-corrected chi connectivity index (χ3v) is 4.27. The topological polar surface area (TPSA) is 76.0 Å². The molecule has 0 fully saturated rings. The van der Waals surface area contributed by atoms with Gasteiger partial charge in [0.25, 0.3) is 0 Å². The first-order valence-corrected chi connectivity index (χ1v) is 8.90. The Bertz CT molecular complexity index is 894. The first-order chi connectivity index (χ1) is 13.5. The number of ether oxygens (including phenoxy) is 1. The van der Waals surface area contributed by atoms with E-state index in [0.717, 1.165) is 23.4 Å². The molecule has 1 aliphatic heterocycles. The summed E-state index contributed by atoms with van der Waals surface area (Å²) in [5.41, 5.74) is 2.06. The Hall–Kier alpha value is -3.35. The number of carbonyl (C=O) groups excluding carboxylic acids is 3. The van der Waals surface area contributed by atoms with Gasteiger partial charge in [0.2, 0.25) is 5.91 Å². The van der Waals surface area contributed by atoms with Crippen molar-refractivity contribution in [1.29, 1.82) is 0 Å². The average Bonchev–Trinajstić information content (AvgIpc) is 3.22. The predicted octanol–water partition coefficient (Wildman–Crippen LogP) is 2.97. The van der Waals surface area contributed by atoms with E-state index in [9.17, 15) is 18.8 Å². The van der Waals surface area contributed by atoms with Crippen LogP contribution in [0.3, 0.4) is 0 Å². The van der Waals surface area contributed by atoms with E-state index in [4.69, 9.17) is 4.74 Å². The number of ketones is 1. The molecule has 28 heavy (non-hydrogen) atoms. The van der Waals surface area contributed by atoms with E-state index in [2.05, 4.69) is 5.10 Å². The molecule has 1 aliphatic rings. The molecule has 3 rings (SSSR count). The standard InChI is InChI=1S/C21H19FN2O4/c22-17-8-6-16(7-9-17)19(25)14-28-21(27)11-10-20(26)24-13-12-18(23-24)15-4-2-1-3-5-15/h1-9H,10-14H2. The maximum atomic E-state index is 12.8. The van der Waals surface area contributed by atoms with E-state index in [1.165, 1.54) is 17.1 Å². The summed E-state index contributed by atoms with van der Waals surface area (Å²) in [7, 11) is 0. The summed E-state index contributed by atoms with van der Waals surface area (Å²) in [5, 5.41) is 5.68. The summed E-state index contributed by atoms with van der Waals surface area (Å²) in [6.07, 6.45) is 0.476. The third kappa shape index (κ3) is 5.09. The van der Waals surface area contributed by atoms with Crippen LogP contribution in [0.4, 0.5) is 4.39 Å². The number of esters is 1. The molecule has 2 aromatic carbocycles. The van der Waals surface area contributed by atoms with Gasteiger partial charge in [-0.2, -0.15) is 5.10 Å². The number of amides is 1. The summed E-state index contributed by atoms with van der Waals surface area (Å²) >= 11 is 0. The normalized spacial score (nSPS) is 13.2. The molecule has 2 aromatic rings. The zero-order valence-corrected chi connectivity index (χ0v) is 15.1. The van der Waals surface area contributed by atoms with Crippen LogP contribution in [0.2, 0.25) is 0 Å². The van der Waals surface area contributed by atoms with E-state index in [1.807, 2.05) is 30.3 Å². The van der Waals surface area contributed by atoms with Gasteiger partial charge < -0.3 is 4.74 Å². The van der Waals surface area contributed by atoms with E-state index >= 15 is 0 Å². The molecular weight excluding hydrogens is 363 g/mol. The first kappa shape index (κ1) is 19.4. The van der Waals surface area contributed by atoms with Crippen LogP contribution in [0, 0.1) is 5.82 Å². The van der Waals surface area contributed by atoms with Gasteiger partial charge in [-0.3, -0.25) is 14.4 Å². The Labute approximate surface area is 161 Å². The highest BCUT2D eigenvalue weighted by Crippen LogP contribution is 2.15. The molecule has 7 heteroatoms. The van der Waals surface area contributed by atoms with E-state index < -0.39 is 24.2 Å². The molecule has 0 bridgehead atoms. The largest absolute Gasteiger partial charge is 0.457 e. The van der Waals surface area contributed by atoms with Crippen LogP contribution in [0.1, 0.15) is 35.2 Å². The van der Waals surface area contributed by atoms with Crippen LogP contribution >= 0.6 is 0 Å². The Morgan fingerprint density at radius 2 is 1.71 bits per heavy atom. The van der Waals surface area contributed by atoms with Crippen molar-refractivity contribution >= 4 is 23.4 Å². The fraction of sp³-hybridized carbons (Fsp3) is 0.238. The molecule has 0 spiro atoms. The Balaban J connectivity index is 1.43. The molecule has 1 heterocycles. The van der Waals surface area contributed by atoms with Crippen LogP contribution < -0.4 is 0 Å². The monoisotopic (exact) mass is 382 g/mol. The lowest BCUT2D eigenvalue weighted by molar-refractivity contribution is -0.145. The van der Waals surface area contributed by atoms with Gasteiger partial charge in [-0.25, -0.2) is 9.40 Å². The van der Waals surface area contributed by atoms with Crippen molar-refractivity contribution in [3.63, 3.8) is 0 Å². The van der Waals surface area contributed by atoms with Crippen molar-refractivity contribution in [3.8, 4) is 0 Å². The third-order valence-electron chi connectivity index (χ3n) is 4.27. The maximum absolute atomic E-state index is 12.8. The van der Waals surface area contributed by atoms with E-state index in [-0.39, 0.29) is 24.3 Å². The van der Waals surface area contributed by atoms with E-state index in [0.29, 0.717) is 13.0 Å². The van der Waals surface area contributed by atoms with Crippen molar-refractivity contribution in [2.75, 3.05) is 13.2 Å². The van der Waals surface area contributed by atoms with Crippen molar-refractivity contribution in [2.24, 2.45) is 5.10 Å². The number of benzene rings is 2. The van der Waals surface area contributed by atoms with Crippen molar-refractivity contribution in [1.82, 2.24) is 5.01 Å².